The van der Waals surface area contributed by atoms with Crippen LogP contribution >= 0.6 is 11.6 Å². The zero-order valence-electron chi connectivity index (χ0n) is 18.2. The Labute approximate surface area is 195 Å². The second-order valence-electron chi connectivity index (χ2n) is 7.57. The molecule has 3 aliphatic rings. The van der Waals surface area contributed by atoms with E-state index >= 15 is 0 Å². The number of nitrogens with one attached hydrogen (secondary N) is 1. The van der Waals surface area contributed by atoms with Crippen molar-refractivity contribution in [1.29, 1.82) is 0 Å². The molecular weight excluding hydrogens is 457 g/mol. The molecule has 0 aromatic heterocycles. The molecule has 0 amide bonds. The Kier molecular flexibility index (Phi) is 8.62. The zero-order chi connectivity index (χ0) is 23.8. The van der Waals surface area contributed by atoms with Crippen molar-refractivity contribution in [2.75, 3.05) is 39.5 Å². The number of alkyl halides is 4. The highest BCUT2D eigenvalue weighted by atomic mass is 35.5. The summed E-state index contributed by atoms with van der Waals surface area (Å²) in [5, 5.41) is 2.15. The second-order valence-corrected chi connectivity index (χ2v) is 8.07. The number of halogens is 4. The SMILES string of the molecule is C#CC(=NC1C(C)=C(OCCN2CCCOCC2)C=CC1Cl)NC1=[N+]=C=CC(C(F)(F)F)=C1. The number of rotatable bonds is 5. The summed E-state index contributed by atoms with van der Waals surface area (Å²) in [6.07, 6.45) is 7.16. The van der Waals surface area contributed by atoms with E-state index < -0.39 is 23.2 Å². The van der Waals surface area contributed by atoms with Crippen molar-refractivity contribution >= 4 is 29.1 Å². The molecule has 1 N–H and O–H groups in total. The number of nitrogens with zero attached hydrogens (tertiary/aromatic N) is 3. The molecule has 1 fully saturated rings. The van der Waals surface area contributed by atoms with Crippen LogP contribution in [0.5, 0.6) is 0 Å². The molecule has 0 aromatic rings. The number of hydrogen-bond acceptors (Lipinski definition) is 4. The van der Waals surface area contributed by atoms with Crippen molar-refractivity contribution in [1.82, 2.24) is 14.9 Å². The molecule has 10 heteroatoms. The lowest BCUT2D eigenvalue weighted by Crippen LogP contribution is -2.35. The number of aliphatic imine (C=N–C) groups is 1. The van der Waals surface area contributed by atoms with Gasteiger partial charge in [0.15, 0.2) is 5.87 Å². The van der Waals surface area contributed by atoms with Crippen molar-refractivity contribution in [2.45, 2.75) is 30.9 Å². The molecule has 2 atom stereocenters. The quantitative estimate of drug-likeness (QED) is 0.215. The van der Waals surface area contributed by atoms with E-state index in [0.29, 0.717) is 19.0 Å². The fourth-order valence-corrected chi connectivity index (χ4v) is 3.74. The average molecular weight is 482 g/mol. The van der Waals surface area contributed by atoms with E-state index in [0.717, 1.165) is 50.4 Å². The highest BCUT2D eigenvalue weighted by molar-refractivity contribution is 6.23. The van der Waals surface area contributed by atoms with Crippen LogP contribution in [0.25, 0.3) is 0 Å². The summed E-state index contributed by atoms with van der Waals surface area (Å²) in [7, 11) is 0. The van der Waals surface area contributed by atoms with Crippen molar-refractivity contribution in [3.8, 4) is 12.3 Å². The van der Waals surface area contributed by atoms with Crippen molar-refractivity contribution < 1.29 is 22.6 Å². The third-order valence-electron chi connectivity index (χ3n) is 5.22. The first-order valence-electron chi connectivity index (χ1n) is 10.5. The predicted octanol–water partition coefficient (Wildman–Crippen LogP) is 2.36. The minimum atomic E-state index is -4.52. The Morgan fingerprint density at radius 2 is 2.27 bits per heavy atom. The molecule has 33 heavy (non-hydrogen) atoms. The molecule has 1 saturated heterocycles. The van der Waals surface area contributed by atoms with E-state index in [2.05, 4.69) is 31.7 Å². The molecule has 2 aliphatic heterocycles. The standard InChI is InChI=1S/C23H24ClF3N4O2/c1-3-20(29-21-15-17(7-8-28-21)23(25,26)27)30-22-16(2)19(6-5-18(22)24)33-14-11-31-9-4-12-32-13-10-31/h1,5-7,15,18,22H,4,9-14H2,2H3/p+1. The monoisotopic (exact) mass is 481 g/mol. The summed E-state index contributed by atoms with van der Waals surface area (Å²) < 4.78 is 54.0. The first-order valence-corrected chi connectivity index (χ1v) is 10.9. The summed E-state index contributed by atoms with van der Waals surface area (Å²) in [5.41, 5.74) is -0.121. The van der Waals surface area contributed by atoms with Crippen LogP contribution in [0, 0.1) is 12.3 Å². The van der Waals surface area contributed by atoms with Crippen LogP contribution in [0.3, 0.4) is 0 Å². The molecule has 6 nitrogen and oxygen atoms in total. The van der Waals surface area contributed by atoms with Crippen molar-refractivity contribution in [2.24, 2.45) is 4.99 Å². The highest BCUT2D eigenvalue weighted by Crippen LogP contribution is 2.27. The molecule has 1 aliphatic carbocycles. The van der Waals surface area contributed by atoms with Gasteiger partial charge in [-0.25, -0.2) is 10.3 Å². The molecule has 0 spiro atoms. The van der Waals surface area contributed by atoms with Gasteiger partial charge in [-0.15, -0.1) is 18.0 Å². The van der Waals surface area contributed by atoms with Gasteiger partial charge in [0.1, 0.15) is 12.4 Å². The van der Waals surface area contributed by atoms with Gasteiger partial charge in [-0.1, -0.05) is 6.08 Å². The summed E-state index contributed by atoms with van der Waals surface area (Å²) in [6, 6.07) is -0.549. The number of ether oxygens (including phenoxy) is 2. The molecule has 176 valence electrons. The normalized spacial score (nSPS) is 24.2. The number of hydrogen-bond donors (Lipinski definition) is 1. The third-order valence-corrected chi connectivity index (χ3v) is 5.61. The summed E-state index contributed by atoms with van der Waals surface area (Å²) in [5.74, 6) is 5.10. The average Bonchev–Trinajstić information content (AvgIpc) is 3.06. The van der Waals surface area contributed by atoms with Gasteiger partial charge in [0.05, 0.1) is 35.8 Å². The van der Waals surface area contributed by atoms with E-state index in [1.54, 1.807) is 12.2 Å². The molecule has 0 bridgehead atoms. The van der Waals surface area contributed by atoms with Gasteiger partial charge >= 0.3 is 12.0 Å². The number of allylic oxidation sites excluding steroid dienone is 3. The van der Waals surface area contributed by atoms with E-state index in [9.17, 15) is 13.2 Å². The molecule has 2 unspecified atom stereocenters. The van der Waals surface area contributed by atoms with Gasteiger partial charge < -0.3 is 9.47 Å². The minimum absolute atomic E-state index is 0.00411. The maximum Gasteiger partial charge on any atom is 0.417 e. The van der Waals surface area contributed by atoms with Crippen LogP contribution in [0.1, 0.15) is 13.3 Å². The molecule has 0 saturated carbocycles. The molecule has 3 rings (SSSR count). The Hall–Kier alpha value is -2.72. The van der Waals surface area contributed by atoms with E-state index in [-0.39, 0.29) is 11.7 Å². The second kappa shape index (κ2) is 11.4. The van der Waals surface area contributed by atoms with Gasteiger partial charge in [0.25, 0.3) is 5.84 Å². The van der Waals surface area contributed by atoms with Crippen molar-refractivity contribution in [3.63, 3.8) is 0 Å². The largest absolute Gasteiger partial charge is 0.492 e. The van der Waals surface area contributed by atoms with Crippen molar-refractivity contribution in [3.05, 3.63) is 41.2 Å². The first kappa shape index (κ1) is 24.9. The van der Waals surface area contributed by atoms with Gasteiger partial charge in [-0.05, 0) is 30.9 Å². The fraction of sp³-hybridized carbons (Fsp3) is 0.478. The first-order chi connectivity index (χ1) is 15.8. The summed E-state index contributed by atoms with van der Waals surface area (Å²) >= 11 is 6.43. The minimum Gasteiger partial charge on any atom is -0.492 e. The van der Waals surface area contributed by atoms with Crippen LogP contribution in [-0.4, -0.2) is 79.5 Å². The van der Waals surface area contributed by atoms with Gasteiger partial charge in [-0.2, -0.15) is 17.8 Å². The maximum absolute atomic E-state index is 12.9. The lowest BCUT2D eigenvalue weighted by Gasteiger charge is -2.25. The number of amidine groups is 2. The Balaban J connectivity index is 1.68. The lowest BCUT2D eigenvalue weighted by atomic mass is 9.99. The highest BCUT2D eigenvalue weighted by Gasteiger charge is 2.35. The molecule has 0 radical (unpaired) electrons. The Morgan fingerprint density at radius 1 is 1.45 bits per heavy atom. The van der Waals surface area contributed by atoms with Crippen LogP contribution < -0.4 is 9.98 Å². The third kappa shape index (κ3) is 7.13. The van der Waals surface area contributed by atoms with E-state index in [4.69, 9.17) is 27.5 Å². The summed E-state index contributed by atoms with van der Waals surface area (Å²) in [4.78, 5) is 6.74. The van der Waals surface area contributed by atoms with Gasteiger partial charge in [-0.3, -0.25) is 4.90 Å². The molecule has 0 aromatic carbocycles. The fourth-order valence-electron chi connectivity index (χ4n) is 3.42. The molecule has 2 heterocycles. The van der Waals surface area contributed by atoms with E-state index in [1.165, 1.54) is 0 Å². The topological polar surface area (TPSA) is 60.2 Å². The van der Waals surface area contributed by atoms with Crippen LogP contribution in [-0.2, 0) is 9.47 Å². The number of terminal acetylenes is 1. The predicted molar refractivity (Wildman–Crippen MR) is 123 cm³/mol. The lowest BCUT2D eigenvalue weighted by molar-refractivity contribution is -0.0880. The van der Waals surface area contributed by atoms with E-state index in [1.807, 2.05) is 6.92 Å². The zero-order valence-corrected chi connectivity index (χ0v) is 18.9. The van der Waals surface area contributed by atoms with Gasteiger partial charge in [0, 0.05) is 26.2 Å². The van der Waals surface area contributed by atoms with Crippen LogP contribution in [0.4, 0.5) is 13.2 Å². The molecular formula is C23H25ClF3N4O2+. The Bertz CT molecular complexity index is 1000. The maximum atomic E-state index is 12.9. The smallest absolute Gasteiger partial charge is 0.417 e. The van der Waals surface area contributed by atoms with Gasteiger partial charge in [0.2, 0.25) is 0 Å². The summed E-state index contributed by atoms with van der Waals surface area (Å²) in [6.45, 7) is 6.42. The van der Waals surface area contributed by atoms with Crippen LogP contribution in [0.2, 0.25) is 0 Å². The van der Waals surface area contributed by atoms with Crippen LogP contribution in [0.15, 0.2) is 46.2 Å². The Morgan fingerprint density at radius 3 is 3.03 bits per heavy atom.